The largest absolute Gasteiger partial charge is 0.478 e. The number of aldehydes is 1. The Labute approximate surface area is 85.7 Å². The summed E-state index contributed by atoms with van der Waals surface area (Å²) in [4.78, 5) is 33.3. The van der Waals surface area contributed by atoms with Gasteiger partial charge < -0.3 is 14.6 Å². The monoisotopic (exact) mass is 210 g/mol. The number of fused-ring (bicyclic) bond motifs is 1. The topological polar surface area (TPSA) is 80.7 Å². The van der Waals surface area contributed by atoms with Crippen LogP contribution < -0.4 is 0 Å². The molecule has 0 aromatic heterocycles. The Morgan fingerprint density at radius 3 is 2.73 bits per heavy atom. The highest BCUT2D eigenvalue weighted by atomic mass is 16.5. The van der Waals surface area contributed by atoms with Gasteiger partial charge in [0.05, 0.1) is 12.7 Å². The van der Waals surface area contributed by atoms with Gasteiger partial charge in [0, 0.05) is 5.92 Å². The number of carbonyl (C=O) groups excluding carboxylic acids is 2. The van der Waals surface area contributed by atoms with Crippen LogP contribution in [0, 0.1) is 17.3 Å². The quantitative estimate of drug-likeness (QED) is 0.524. The van der Waals surface area contributed by atoms with E-state index in [1.54, 1.807) is 0 Å². The molecular weight excluding hydrogens is 200 g/mol. The molecule has 0 radical (unpaired) electrons. The van der Waals surface area contributed by atoms with Gasteiger partial charge in [0.2, 0.25) is 0 Å². The van der Waals surface area contributed by atoms with E-state index in [0.29, 0.717) is 12.7 Å². The van der Waals surface area contributed by atoms with E-state index >= 15 is 0 Å². The summed E-state index contributed by atoms with van der Waals surface area (Å²) in [6.45, 7) is 0. The van der Waals surface area contributed by atoms with Crippen molar-refractivity contribution in [2.75, 3.05) is 7.11 Å². The van der Waals surface area contributed by atoms with Crippen LogP contribution in [-0.2, 0) is 19.1 Å². The summed E-state index contributed by atoms with van der Waals surface area (Å²) in [6.07, 6.45) is 2.61. The Kier molecular flexibility index (Phi) is 1.92. The van der Waals surface area contributed by atoms with Crippen LogP contribution in [0.4, 0.5) is 0 Å². The number of carbonyl (C=O) groups is 3. The van der Waals surface area contributed by atoms with Crippen LogP contribution in [0.5, 0.6) is 0 Å². The second kappa shape index (κ2) is 2.92. The molecule has 1 fully saturated rings. The molecule has 0 heterocycles. The highest BCUT2D eigenvalue weighted by Gasteiger charge is 2.75. The molecule has 2 aliphatic carbocycles. The lowest BCUT2D eigenvalue weighted by molar-refractivity contribution is -0.149. The van der Waals surface area contributed by atoms with Crippen molar-refractivity contribution in [2.45, 2.75) is 6.42 Å². The van der Waals surface area contributed by atoms with Gasteiger partial charge in [-0.15, -0.1) is 0 Å². The molecule has 80 valence electrons. The van der Waals surface area contributed by atoms with Gasteiger partial charge in [0.25, 0.3) is 0 Å². The summed E-state index contributed by atoms with van der Waals surface area (Å²) in [7, 11) is 1.20. The highest BCUT2D eigenvalue weighted by Crippen LogP contribution is 2.68. The molecule has 2 rings (SSSR count). The van der Waals surface area contributed by atoms with Crippen LogP contribution in [0.15, 0.2) is 11.6 Å². The summed E-state index contributed by atoms with van der Waals surface area (Å²) >= 11 is 0. The third kappa shape index (κ3) is 0.948. The molecule has 0 aromatic carbocycles. The first-order valence-electron chi connectivity index (χ1n) is 4.58. The minimum Gasteiger partial charge on any atom is -0.478 e. The van der Waals surface area contributed by atoms with Gasteiger partial charge in [-0.1, -0.05) is 6.08 Å². The predicted octanol–water partition coefficient (Wildman–Crippen LogP) is 0.00540. The first kappa shape index (κ1) is 9.89. The molecule has 0 bridgehead atoms. The molecule has 1 unspecified atom stereocenters. The van der Waals surface area contributed by atoms with Crippen LogP contribution in [0.2, 0.25) is 0 Å². The molecule has 2 aliphatic rings. The zero-order valence-electron chi connectivity index (χ0n) is 8.10. The molecular formula is C10H10O5. The summed E-state index contributed by atoms with van der Waals surface area (Å²) < 4.78 is 4.59. The van der Waals surface area contributed by atoms with Crippen molar-refractivity contribution >= 4 is 18.2 Å². The second-order valence-electron chi connectivity index (χ2n) is 3.79. The first-order chi connectivity index (χ1) is 7.10. The number of hydrogen-bond acceptors (Lipinski definition) is 4. The van der Waals surface area contributed by atoms with E-state index in [4.69, 9.17) is 5.11 Å². The van der Waals surface area contributed by atoms with Crippen molar-refractivity contribution in [3.63, 3.8) is 0 Å². The Bertz CT molecular complexity index is 383. The fourth-order valence-corrected chi connectivity index (χ4v) is 2.65. The van der Waals surface area contributed by atoms with Gasteiger partial charge in [-0.3, -0.25) is 4.79 Å². The number of esters is 1. The van der Waals surface area contributed by atoms with Gasteiger partial charge in [-0.05, 0) is 12.3 Å². The summed E-state index contributed by atoms with van der Waals surface area (Å²) in [5.74, 6) is -2.50. The normalized spacial score (nSPS) is 36.5. The van der Waals surface area contributed by atoms with Gasteiger partial charge in [-0.2, -0.15) is 0 Å². The SMILES string of the molecule is COC(=O)[C@@]12C(C(=O)O)=CC[C@@H]1C2C=O. The number of ether oxygens (including phenoxy) is 1. The molecule has 0 saturated heterocycles. The molecule has 5 nitrogen and oxygen atoms in total. The van der Waals surface area contributed by atoms with Crippen molar-refractivity contribution in [2.24, 2.45) is 17.3 Å². The third-order valence-corrected chi connectivity index (χ3v) is 3.36. The fourth-order valence-electron chi connectivity index (χ4n) is 2.65. The lowest BCUT2D eigenvalue weighted by atomic mass is 9.94. The van der Waals surface area contributed by atoms with E-state index in [9.17, 15) is 14.4 Å². The molecule has 0 aromatic rings. The third-order valence-electron chi connectivity index (χ3n) is 3.36. The van der Waals surface area contributed by atoms with Crippen molar-refractivity contribution in [1.29, 1.82) is 0 Å². The Morgan fingerprint density at radius 2 is 2.33 bits per heavy atom. The number of rotatable bonds is 3. The smallest absolute Gasteiger partial charge is 0.332 e. The maximum atomic E-state index is 11.6. The van der Waals surface area contributed by atoms with E-state index in [1.807, 2.05) is 0 Å². The van der Waals surface area contributed by atoms with E-state index in [0.717, 1.165) is 0 Å². The number of carboxylic acid groups (broad SMARTS) is 1. The number of aliphatic carboxylic acids is 1. The minimum atomic E-state index is -1.19. The summed E-state index contributed by atoms with van der Waals surface area (Å²) in [6, 6.07) is 0. The standard InChI is InChI=1S/C10H10O5/c1-15-9(14)10-5(7(10)4-11)2-3-6(10)8(12)13/h3-5,7H,2H2,1H3,(H,12,13)/t5-,7?,10-/m1/s1. The van der Waals surface area contributed by atoms with Gasteiger partial charge in [-0.25, -0.2) is 4.79 Å². The molecule has 3 atom stereocenters. The van der Waals surface area contributed by atoms with Crippen LogP contribution in [0.25, 0.3) is 0 Å². The van der Waals surface area contributed by atoms with Gasteiger partial charge in [0.15, 0.2) is 0 Å². The second-order valence-corrected chi connectivity index (χ2v) is 3.79. The minimum absolute atomic E-state index is 0.0106. The Balaban J connectivity index is 2.41. The number of allylic oxidation sites excluding steroid dienone is 1. The molecule has 0 amide bonds. The number of carboxylic acids is 1. The maximum Gasteiger partial charge on any atom is 0.332 e. The van der Waals surface area contributed by atoms with E-state index < -0.39 is 23.3 Å². The zero-order valence-corrected chi connectivity index (χ0v) is 8.10. The molecule has 5 heteroatoms. The van der Waals surface area contributed by atoms with Crippen LogP contribution in [0.3, 0.4) is 0 Å². The molecule has 15 heavy (non-hydrogen) atoms. The average Bonchev–Trinajstić information content (AvgIpc) is 2.69. The summed E-state index contributed by atoms with van der Waals surface area (Å²) in [5.41, 5.74) is -1.18. The lowest BCUT2D eigenvalue weighted by Crippen LogP contribution is -2.26. The van der Waals surface area contributed by atoms with Crippen LogP contribution in [0.1, 0.15) is 6.42 Å². The van der Waals surface area contributed by atoms with Crippen molar-refractivity contribution in [1.82, 2.24) is 0 Å². The van der Waals surface area contributed by atoms with Gasteiger partial charge >= 0.3 is 11.9 Å². The molecule has 0 aliphatic heterocycles. The fraction of sp³-hybridized carbons (Fsp3) is 0.500. The zero-order chi connectivity index (χ0) is 11.2. The summed E-state index contributed by atoms with van der Waals surface area (Å²) in [5, 5.41) is 8.94. The number of methoxy groups -OCH3 is 1. The van der Waals surface area contributed by atoms with Crippen molar-refractivity contribution < 1.29 is 24.2 Å². The first-order valence-corrected chi connectivity index (χ1v) is 4.58. The Morgan fingerprint density at radius 1 is 1.67 bits per heavy atom. The average molecular weight is 210 g/mol. The maximum absolute atomic E-state index is 11.6. The highest BCUT2D eigenvalue weighted by molar-refractivity contribution is 6.04. The predicted molar refractivity (Wildman–Crippen MR) is 47.8 cm³/mol. The Hall–Kier alpha value is -1.65. The van der Waals surface area contributed by atoms with Crippen LogP contribution in [-0.4, -0.2) is 30.4 Å². The van der Waals surface area contributed by atoms with Crippen molar-refractivity contribution in [3.05, 3.63) is 11.6 Å². The molecule has 1 N–H and O–H groups in total. The van der Waals surface area contributed by atoms with E-state index in [2.05, 4.69) is 4.74 Å². The molecule has 0 spiro atoms. The number of hydrogen-bond donors (Lipinski definition) is 1. The lowest BCUT2D eigenvalue weighted by Gasteiger charge is -2.12. The van der Waals surface area contributed by atoms with Crippen LogP contribution >= 0.6 is 0 Å². The van der Waals surface area contributed by atoms with Crippen molar-refractivity contribution in [3.8, 4) is 0 Å². The van der Waals surface area contributed by atoms with E-state index in [-0.39, 0.29) is 11.5 Å². The molecule has 1 saturated carbocycles. The van der Waals surface area contributed by atoms with Gasteiger partial charge in [0.1, 0.15) is 11.7 Å². The van der Waals surface area contributed by atoms with E-state index in [1.165, 1.54) is 13.2 Å².